The number of carbonyl (C=O) groups is 1. The number of hydrogen-bond donors (Lipinski definition) is 0. The second kappa shape index (κ2) is 8.15. The number of benzene rings is 2. The first-order chi connectivity index (χ1) is 13.2. The molecule has 2 aliphatic heterocycles. The van der Waals surface area contributed by atoms with Crippen LogP contribution in [0.1, 0.15) is 35.2 Å². The van der Waals surface area contributed by atoms with Crippen molar-refractivity contribution in [1.29, 1.82) is 0 Å². The number of nitrogens with zero attached hydrogens (tertiary/aromatic N) is 1. The average Bonchev–Trinajstić information content (AvgIpc) is 2.99. The van der Waals surface area contributed by atoms with Gasteiger partial charge >= 0.3 is 0 Å². The topological polar surface area (TPSA) is 38.8 Å². The summed E-state index contributed by atoms with van der Waals surface area (Å²) in [5.41, 5.74) is 1.44. The normalized spacial score (nSPS) is 18.4. The summed E-state index contributed by atoms with van der Waals surface area (Å²) >= 11 is 5.90. The van der Waals surface area contributed by atoms with Crippen LogP contribution in [0.5, 0.6) is 11.5 Å². The van der Waals surface area contributed by atoms with E-state index in [0.29, 0.717) is 28.7 Å². The van der Waals surface area contributed by atoms with Crippen LogP contribution in [0.3, 0.4) is 0 Å². The van der Waals surface area contributed by atoms with Crippen molar-refractivity contribution in [2.45, 2.75) is 19.3 Å². The molecule has 0 aromatic heterocycles. The molecule has 0 unspecified atom stereocenters. The molecule has 1 saturated heterocycles. The zero-order valence-electron chi connectivity index (χ0n) is 15.1. The summed E-state index contributed by atoms with van der Waals surface area (Å²) in [5, 5.41) is 0.658. The molecule has 2 heterocycles. The maximum Gasteiger partial charge on any atom is 0.231 e. The van der Waals surface area contributed by atoms with Crippen LogP contribution in [0.2, 0.25) is 5.02 Å². The van der Waals surface area contributed by atoms with Crippen LogP contribution in [0, 0.1) is 0 Å². The lowest BCUT2D eigenvalue weighted by molar-refractivity contribution is 0.101. The molecule has 4 rings (SSSR count). The van der Waals surface area contributed by atoms with Gasteiger partial charge in [0.1, 0.15) is 18.1 Å². The maximum atomic E-state index is 12.5. The van der Waals surface area contributed by atoms with Crippen LogP contribution in [0.4, 0.5) is 0 Å². The summed E-state index contributed by atoms with van der Waals surface area (Å²) < 4.78 is 11.6. The van der Waals surface area contributed by atoms with Crippen molar-refractivity contribution in [2.24, 2.45) is 0 Å². The zero-order chi connectivity index (χ0) is 18.6. The number of hydrogen-bond acceptors (Lipinski definition) is 4. The predicted octanol–water partition coefficient (Wildman–Crippen LogP) is 4.82. The van der Waals surface area contributed by atoms with Gasteiger partial charge in [0.15, 0.2) is 5.76 Å². The number of ether oxygens (including phenoxy) is 2. The fourth-order valence-corrected chi connectivity index (χ4v) is 3.57. The quantitative estimate of drug-likeness (QED) is 0.694. The molecule has 0 bridgehead atoms. The van der Waals surface area contributed by atoms with Crippen LogP contribution in [-0.4, -0.2) is 36.9 Å². The van der Waals surface area contributed by atoms with Gasteiger partial charge in [-0.05, 0) is 61.8 Å². The van der Waals surface area contributed by atoms with Gasteiger partial charge in [0.25, 0.3) is 0 Å². The molecule has 0 aliphatic carbocycles. The lowest BCUT2D eigenvalue weighted by Gasteiger charge is -2.26. The highest BCUT2D eigenvalue weighted by atomic mass is 35.5. The van der Waals surface area contributed by atoms with E-state index >= 15 is 0 Å². The van der Waals surface area contributed by atoms with E-state index < -0.39 is 0 Å². The van der Waals surface area contributed by atoms with Crippen LogP contribution >= 0.6 is 11.6 Å². The Hall–Kier alpha value is -2.30. The van der Waals surface area contributed by atoms with Crippen LogP contribution in [0.15, 0.2) is 48.2 Å². The number of allylic oxidation sites excluding steroid dienone is 1. The van der Waals surface area contributed by atoms with Gasteiger partial charge in [0, 0.05) is 17.6 Å². The molecule has 0 amide bonds. The Morgan fingerprint density at radius 3 is 2.63 bits per heavy atom. The minimum atomic E-state index is -0.111. The van der Waals surface area contributed by atoms with E-state index in [1.165, 1.54) is 19.3 Å². The first-order valence-corrected chi connectivity index (χ1v) is 9.76. The van der Waals surface area contributed by atoms with Gasteiger partial charge in [-0.2, -0.15) is 0 Å². The van der Waals surface area contributed by atoms with Crippen molar-refractivity contribution in [3.63, 3.8) is 0 Å². The molecule has 1 fully saturated rings. The number of likely N-dealkylation sites (tertiary alicyclic amines) is 1. The molecular formula is C22H22ClNO3. The highest BCUT2D eigenvalue weighted by Crippen LogP contribution is 2.35. The number of piperidine rings is 1. The molecule has 0 N–H and O–H groups in total. The third-order valence-corrected chi connectivity index (χ3v) is 5.19. The molecule has 0 radical (unpaired) electrons. The van der Waals surface area contributed by atoms with E-state index in [0.717, 1.165) is 30.9 Å². The van der Waals surface area contributed by atoms with E-state index in [9.17, 15) is 4.79 Å². The third-order valence-electron chi connectivity index (χ3n) is 4.93. The van der Waals surface area contributed by atoms with E-state index in [1.54, 1.807) is 30.3 Å². The average molecular weight is 384 g/mol. The molecule has 5 heteroatoms. The van der Waals surface area contributed by atoms with Crippen molar-refractivity contribution in [2.75, 3.05) is 26.2 Å². The summed E-state index contributed by atoms with van der Waals surface area (Å²) in [6, 6.07) is 12.7. The van der Waals surface area contributed by atoms with Gasteiger partial charge in [0.2, 0.25) is 5.78 Å². The highest BCUT2D eigenvalue weighted by Gasteiger charge is 2.27. The fourth-order valence-electron chi connectivity index (χ4n) is 3.44. The van der Waals surface area contributed by atoms with Gasteiger partial charge in [-0.3, -0.25) is 9.69 Å². The summed E-state index contributed by atoms with van der Waals surface area (Å²) in [5.74, 6) is 1.49. The van der Waals surface area contributed by atoms with Crippen molar-refractivity contribution in [3.05, 3.63) is 64.4 Å². The summed E-state index contributed by atoms with van der Waals surface area (Å²) in [4.78, 5) is 15.0. The lowest BCUT2D eigenvalue weighted by atomic mass is 10.1. The van der Waals surface area contributed by atoms with Gasteiger partial charge in [0.05, 0.1) is 5.56 Å². The number of halogens is 1. The van der Waals surface area contributed by atoms with E-state index in [-0.39, 0.29) is 5.78 Å². The Morgan fingerprint density at radius 2 is 1.85 bits per heavy atom. The number of ketones is 1. The standard InChI is InChI=1S/C22H22ClNO3/c23-17-6-4-16(5-7-17)14-21-22(25)19-9-8-18(15-20(19)27-21)26-13-12-24-10-2-1-3-11-24/h4-9,14-15H,1-3,10-13H2/b21-14-. The van der Waals surface area contributed by atoms with Crippen molar-refractivity contribution in [1.82, 2.24) is 4.90 Å². The van der Waals surface area contributed by atoms with Crippen molar-refractivity contribution < 1.29 is 14.3 Å². The van der Waals surface area contributed by atoms with Gasteiger partial charge in [-0.1, -0.05) is 30.2 Å². The Bertz CT molecular complexity index is 854. The molecule has 2 aromatic carbocycles. The largest absolute Gasteiger partial charge is 0.492 e. The number of rotatable bonds is 5. The predicted molar refractivity (Wildman–Crippen MR) is 107 cm³/mol. The van der Waals surface area contributed by atoms with Crippen LogP contribution < -0.4 is 9.47 Å². The second-order valence-electron chi connectivity index (χ2n) is 6.90. The monoisotopic (exact) mass is 383 g/mol. The van der Waals surface area contributed by atoms with Gasteiger partial charge in [-0.15, -0.1) is 0 Å². The maximum absolute atomic E-state index is 12.5. The van der Waals surface area contributed by atoms with E-state index in [2.05, 4.69) is 4.90 Å². The Labute approximate surface area is 164 Å². The lowest BCUT2D eigenvalue weighted by Crippen LogP contribution is -2.33. The Balaban J connectivity index is 1.40. The Morgan fingerprint density at radius 1 is 1.07 bits per heavy atom. The van der Waals surface area contributed by atoms with Crippen LogP contribution in [-0.2, 0) is 0 Å². The number of Topliss-reactive ketones (excluding diaryl/α,β-unsaturated/α-hetero) is 1. The zero-order valence-corrected chi connectivity index (χ0v) is 15.9. The molecule has 0 spiro atoms. The molecule has 0 saturated carbocycles. The highest BCUT2D eigenvalue weighted by molar-refractivity contribution is 6.30. The summed E-state index contributed by atoms with van der Waals surface area (Å²) in [6.45, 7) is 3.88. The summed E-state index contributed by atoms with van der Waals surface area (Å²) in [7, 11) is 0. The molecular weight excluding hydrogens is 362 g/mol. The Kier molecular flexibility index (Phi) is 5.46. The van der Waals surface area contributed by atoms with Crippen molar-refractivity contribution in [3.8, 4) is 11.5 Å². The van der Waals surface area contributed by atoms with Gasteiger partial charge in [-0.25, -0.2) is 0 Å². The summed E-state index contributed by atoms with van der Waals surface area (Å²) in [6.07, 6.45) is 5.62. The van der Waals surface area contributed by atoms with Gasteiger partial charge < -0.3 is 9.47 Å². The van der Waals surface area contributed by atoms with Crippen molar-refractivity contribution >= 4 is 23.5 Å². The van der Waals surface area contributed by atoms with E-state index in [1.807, 2.05) is 18.2 Å². The smallest absolute Gasteiger partial charge is 0.231 e. The SMILES string of the molecule is O=C1/C(=C/c2ccc(Cl)cc2)Oc2cc(OCCN3CCCCC3)ccc21. The minimum Gasteiger partial charge on any atom is -0.492 e. The fraction of sp³-hybridized carbons (Fsp3) is 0.318. The molecule has 2 aromatic rings. The molecule has 27 heavy (non-hydrogen) atoms. The number of fused-ring (bicyclic) bond motifs is 1. The third kappa shape index (κ3) is 4.34. The second-order valence-corrected chi connectivity index (χ2v) is 7.34. The first-order valence-electron chi connectivity index (χ1n) is 9.38. The molecule has 140 valence electrons. The molecule has 2 aliphatic rings. The minimum absolute atomic E-state index is 0.111. The molecule has 4 nitrogen and oxygen atoms in total. The number of carbonyl (C=O) groups excluding carboxylic acids is 1. The molecule has 0 atom stereocenters. The van der Waals surface area contributed by atoms with E-state index in [4.69, 9.17) is 21.1 Å². The first kappa shape index (κ1) is 18.1. The van der Waals surface area contributed by atoms with Crippen LogP contribution in [0.25, 0.3) is 6.08 Å².